The zero-order valence-corrected chi connectivity index (χ0v) is 10.3. The van der Waals surface area contributed by atoms with Gasteiger partial charge in [-0.1, -0.05) is 18.6 Å². The Morgan fingerprint density at radius 2 is 2.24 bits per heavy atom. The van der Waals surface area contributed by atoms with Crippen LogP contribution in [0.1, 0.15) is 32.6 Å². The molecule has 0 saturated carbocycles. The summed E-state index contributed by atoms with van der Waals surface area (Å²) >= 11 is 0. The van der Waals surface area contributed by atoms with E-state index in [4.69, 9.17) is 4.74 Å². The Morgan fingerprint density at radius 1 is 1.41 bits per heavy atom. The lowest BCUT2D eigenvalue weighted by molar-refractivity contribution is 0.177. The molecule has 1 aromatic carbocycles. The van der Waals surface area contributed by atoms with Crippen LogP contribution in [-0.2, 0) is 0 Å². The quantitative estimate of drug-likeness (QED) is 0.868. The van der Waals surface area contributed by atoms with Crippen molar-refractivity contribution in [1.29, 1.82) is 0 Å². The molecule has 0 radical (unpaired) electrons. The van der Waals surface area contributed by atoms with E-state index >= 15 is 0 Å². The maximum atomic E-state index is 13.4. The maximum Gasteiger partial charge on any atom is 0.165 e. The Morgan fingerprint density at radius 3 is 2.94 bits per heavy atom. The highest BCUT2D eigenvalue weighted by Crippen LogP contribution is 2.20. The number of piperidine rings is 1. The Balaban J connectivity index is 1.84. The SMILES string of the molecule is CC(CC1CCCCN1)Oc1ccccc1F. The minimum atomic E-state index is -0.282. The van der Waals surface area contributed by atoms with Gasteiger partial charge >= 0.3 is 0 Å². The molecular weight excluding hydrogens is 217 g/mol. The van der Waals surface area contributed by atoms with Crippen molar-refractivity contribution in [2.24, 2.45) is 0 Å². The van der Waals surface area contributed by atoms with E-state index in [1.807, 2.05) is 6.92 Å². The summed E-state index contributed by atoms with van der Waals surface area (Å²) < 4.78 is 19.0. The van der Waals surface area contributed by atoms with E-state index in [0.29, 0.717) is 11.8 Å². The highest BCUT2D eigenvalue weighted by Gasteiger charge is 2.17. The maximum absolute atomic E-state index is 13.4. The fourth-order valence-corrected chi connectivity index (χ4v) is 2.33. The Bertz CT molecular complexity index is 350. The molecule has 2 atom stereocenters. The summed E-state index contributed by atoms with van der Waals surface area (Å²) in [4.78, 5) is 0. The van der Waals surface area contributed by atoms with Gasteiger partial charge in [-0.25, -0.2) is 4.39 Å². The average molecular weight is 237 g/mol. The second-order valence-corrected chi connectivity index (χ2v) is 4.74. The van der Waals surface area contributed by atoms with Gasteiger partial charge in [0, 0.05) is 6.04 Å². The predicted octanol–water partition coefficient (Wildman–Crippen LogP) is 3.13. The van der Waals surface area contributed by atoms with E-state index in [2.05, 4.69) is 5.32 Å². The van der Waals surface area contributed by atoms with Gasteiger partial charge in [0.2, 0.25) is 0 Å². The Labute approximate surface area is 102 Å². The molecule has 1 aliphatic rings. The van der Waals surface area contributed by atoms with Gasteiger partial charge in [-0.15, -0.1) is 0 Å². The predicted molar refractivity (Wildman–Crippen MR) is 66.7 cm³/mol. The first-order valence-corrected chi connectivity index (χ1v) is 6.40. The highest BCUT2D eigenvalue weighted by molar-refractivity contribution is 5.23. The van der Waals surface area contributed by atoms with Crippen molar-refractivity contribution in [3.05, 3.63) is 30.1 Å². The first-order valence-electron chi connectivity index (χ1n) is 6.40. The number of halogens is 1. The van der Waals surface area contributed by atoms with E-state index in [0.717, 1.165) is 13.0 Å². The monoisotopic (exact) mass is 237 g/mol. The van der Waals surface area contributed by atoms with Crippen LogP contribution in [0.2, 0.25) is 0 Å². The first-order chi connectivity index (χ1) is 8.25. The molecule has 1 heterocycles. The van der Waals surface area contributed by atoms with Crippen LogP contribution in [0.15, 0.2) is 24.3 Å². The topological polar surface area (TPSA) is 21.3 Å². The van der Waals surface area contributed by atoms with Crippen molar-refractivity contribution in [1.82, 2.24) is 5.32 Å². The van der Waals surface area contributed by atoms with Crippen molar-refractivity contribution < 1.29 is 9.13 Å². The number of para-hydroxylation sites is 1. The molecule has 1 fully saturated rings. The molecule has 1 aromatic rings. The van der Waals surface area contributed by atoms with Gasteiger partial charge in [-0.2, -0.15) is 0 Å². The fourth-order valence-electron chi connectivity index (χ4n) is 2.33. The number of rotatable bonds is 4. The zero-order chi connectivity index (χ0) is 12.1. The molecule has 2 unspecified atom stereocenters. The van der Waals surface area contributed by atoms with Crippen molar-refractivity contribution in [3.63, 3.8) is 0 Å². The van der Waals surface area contributed by atoms with Crippen molar-refractivity contribution in [3.8, 4) is 5.75 Å². The standard InChI is InChI=1S/C14H20FNO/c1-11(10-12-6-4-5-9-16-12)17-14-8-3-2-7-13(14)15/h2-3,7-8,11-12,16H,4-6,9-10H2,1H3. The summed E-state index contributed by atoms with van der Waals surface area (Å²) in [6, 6.07) is 7.10. The van der Waals surface area contributed by atoms with Crippen LogP contribution in [0, 0.1) is 5.82 Å². The van der Waals surface area contributed by atoms with Crippen LogP contribution in [-0.4, -0.2) is 18.7 Å². The molecule has 0 amide bonds. The Kier molecular flexibility index (Phi) is 4.37. The van der Waals surface area contributed by atoms with Crippen LogP contribution >= 0.6 is 0 Å². The smallest absolute Gasteiger partial charge is 0.165 e. The second-order valence-electron chi connectivity index (χ2n) is 4.74. The fraction of sp³-hybridized carbons (Fsp3) is 0.571. The van der Waals surface area contributed by atoms with Crippen LogP contribution in [0.5, 0.6) is 5.75 Å². The average Bonchev–Trinajstić information content (AvgIpc) is 2.33. The molecule has 3 heteroatoms. The van der Waals surface area contributed by atoms with Crippen LogP contribution < -0.4 is 10.1 Å². The number of benzene rings is 1. The molecule has 0 aromatic heterocycles. The molecular formula is C14H20FNO. The minimum absolute atomic E-state index is 0.0440. The number of hydrogen-bond acceptors (Lipinski definition) is 2. The molecule has 0 bridgehead atoms. The van der Waals surface area contributed by atoms with Gasteiger partial charge < -0.3 is 10.1 Å². The van der Waals surface area contributed by atoms with Gasteiger partial charge in [-0.05, 0) is 44.9 Å². The summed E-state index contributed by atoms with van der Waals surface area (Å²) in [6.45, 7) is 3.10. The second kappa shape index (κ2) is 6.01. The summed E-state index contributed by atoms with van der Waals surface area (Å²) in [7, 11) is 0. The van der Waals surface area contributed by atoms with Crippen molar-refractivity contribution in [2.75, 3.05) is 6.54 Å². The van der Waals surface area contributed by atoms with Gasteiger partial charge in [-0.3, -0.25) is 0 Å². The van der Waals surface area contributed by atoms with Crippen LogP contribution in [0.3, 0.4) is 0 Å². The summed E-state index contributed by atoms with van der Waals surface area (Å²) in [5.41, 5.74) is 0. The van der Waals surface area contributed by atoms with E-state index in [1.165, 1.54) is 25.3 Å². The molecule has 1 saturated heterocycles. The molecule has 2 nitrogen and oxygen atoms in total. The number of ether oxygens (including phenoxy) is 1. The van der Waals surface area contributed by atoms with E-state index in [-0.39, 0.29) is 11.9 Å². The van der Waals surface area contributed by atoms with Crippen LogP contribution in [0.25, 0.3) is 0 Å². The third kappa shape index (κ3) is 3.70. The third-order valence-corrected chi connectivity index (χ3v) is 3.19. The molecule has 1 aliphatic heterocycles. The van der Waals surface area contributed by atoms with E-state index in [1.54, 1.807) is 18.2 Å². The lowest BCUT2D eigenvalue weighted by Gasteiger charge is -2.26. The number of nitrogens with one attached hydrogen (secondary N) is 1. The summed E-state index contributed by atoms with van der Waals surface area (Å²) in [6.07, 6.45) is 4.73. The number of hydrogen-bond donors (Lipinski definition) is 1. The highest BCUT2D eigenvalue weighted by atomic mass is 19.1. The van der Waals surface area contributed by atoms with E-state index < -0.39 is 0 Å². The summed E-state index contributed by atoms with van der Waals surface area (Å²) in [5.74, 6) is 0.0757. The van der Waals surface area contributed by atoms with Gasteiger partial charge in [0.15, 0.2) is 11.6 Å². The van der Waals surface area contributed by atoms with Gasteiger partial charge in [0.25, 0.3) is 0 Å². The first kappa shape index (κ1) is 12.4. The normalized spacial score (nSPS) is 22.1. The van der Waals surface area contributed by atoms with Gasteiger partial charge in [0.05, 0.1) is 6.10 Å². The molecule has 1 N–H and O–H groups in total. The van der Waals surface area contributed by atoms with Gasteiger partial charge in [0.1, 0.15) is 0 Å². The zero-order valence-electron chi connectivity index (χ0n) is 10.3. The summed E-state index contributed by atoms with van der Waals surface area (Å²) in [5, 5.41) is 3.48. The molecule has 94 valence electrons. The molecule has 0 spiro atoms. The minimum Gasteiger partial charge on any atom is -0.488 e. The molecule has 17 heavy (non-hydrogen) atoms. The third-order valence-electron chi connectivity index (χ3n) is 3.19. The van der Waals surface area contributed by atoms with Crippen molar-refractivity contribution in [2.45, 2.75) is 44.8 Å². The lowest BCUT2D eigenvalue weighted by atomic mass is 10.00. The Hall–Kier alpha value is -1.09. The lowest BCUT2D eigenvalue weighted by Crippen LogP contribution is -2.37. The van der Waals surface area contributed by atoms with Crippen molar-refractivity contribution >= 4 is 0 Å². The molecule has 2 rings (SSSR count). The largest absolute Gasteiger partial charge is 0.488 e. The van der Waals surface area contributed by atoms with E-state index in [9.17, 15) is 4.39 Å². The molecule has 0 aliphatic carbocycles. The van der Waals surface area contributed by atoms with Crippen LogP contribution in [0.4, 0.5) is 4.39 Å².